The molecule has 0 saturated heterocycles. The fourth-order valence-corrected chi connectivity index (χ4v) is 2.69. The predicted octanol–water partition coefficient (Wildman–Crippen LogP) is 4.29. The van der Waals surface area contributed by atoms with E-state index < -0.39 is 0 Å². The number of aryl methyl sites for hydroxylation is 1. The van der Waals surface area contributed by atoms with E-state index in [0.717, 1.165) is 11.3 Å². The zero-order chi connectivity index (χ0) is 17.1. The molecule has 3 rings (SSSR count). The first-order chi connectivity index (χ1) is 11.6. The average Bonchev–Trinajstić information content (AvgIpc) is 3.21. The van der Waals surface area contributed by atoms with Crippen molar-refractivity contribution in [3.8, 4) is 11.5 Å². The van der Waals surface area contributed by atoms with Gasteiger partial charge in [0.1, 0.15) is 11.5 Å². The molecule has 0 radical (unpaired) electrons. The normalized spacial score (nSPS) is 10.8. The molecule has 0 saturated carbocycles. The number of aromatic amines is 1. The fraction of sp³-hybridized carbons (Fsp3) is 0.222. The molecule has 24 heavy (non-hydrogen) atoms. The largest absolute Gasteiger partial charge is 0.460 e. The lowest BCUT2D eigenvalue weighted by molar-refractivity contribution is 0.0746. The molecule has 2 aromatic heterocycles. The molecular weight excluding hydrogens is 326 g/mol. The molecule has 0 unspecified atom stereocenters. The Bertz CT molecular complexity index is 853. The fourth-order valence-electron chi connectivity index (χ4n) is 2.48. The molecule has 0 atom stereocenters. The lowest BCUT2D eigenvalue weighted by Crippen LogP contribution is -2.30. The number of aromatic nitrogens is 2. The molecule has 5 nitrogen and oxygen atoms in total. The van der Waals surface area contributed by atoms with E-state index in [1.807, 2.05) is 50.2 Å². The van der Waals surface area contributed by atoms with Crippen molar-refractivity contribution < 1.29 is 9.21 Å². The summed E-state index contributed by atoms with van der Waals surface area (Å²) in [5.41, 5.74) is 2.03. The van der Waals surface area contributed by atoms with E-state index >= 15 is 0 Å². The Balaban J connectivity index is 1.78. The van der Waals surface area contributed by atoms with Crippen molar-refractivity contribution in [2.45, 2.75) is 20.4 Å². The van der Waals surface area contributed by atoms with Gasteiger partial charge in [-0.15, -0.1) is 0 Å². The third kappa shape index (κ3) is 3.51. The molecule has 0 spiro atoms. The molecule has 0 aliphatic rings. The van der Waals surface area contributed by atoms with Crippen LogP contribution in [0.2, 0.25) is 5.02 Å². The summed E-state index contributed by atoms with van der Waals surface area (Å²) in [6, 6.07) is 12.9. The lowest BCUT2D eigenvalue weighted by Gasteiger charge is -2.19. The van der Waals surface area contributed by atoms with Crippen molar-refractivity contribution in [3.63, 3.8) is 0 Å². The maximum Gasteiger partial charge on any atom is 0.274 e. The number of rotatable bonds is 5. The quantitative estimate of drug-likeness (QED) is 0.751. The van der Waals surface area contributed by atoms with E-state index in [1.165, 1.54) is 0 Å². The van der Waals surface area contributed by atoms with E-state index in [9.17, 15) is 4.79 Å². The maximum absolute atomic E-state index is 12.7. The topological polar surface area (TPSA) is 62.1 Å². The van der Waals surface area contributed by atoms with E-state index in [0.29, 0.717) is 35.3 Å². The van der Waals surface area contributed by atoms with Crippen LogP contribution in [0.4, 0.5) is 0 Å². The number of hydrogen-bond acceptors (Lipinski definition) is 3. The second-order valence-corrected chi connectivity index (χ2v) is 5.96. The van der Waals surface area contributed by atoms with Crippen LogP contribution in [0.25, 0.3) is 11.5 Å². The van der Waals surface area contributed by atoms with Crippen molar-refractivity contribution in [1.82, 2.24) is 15.1 Å². The van der Waals surface area contributed by atoms with E-state index in [1.54, 1.807) is 11.0 Å². The molecule has 2 heterocycles. The first-order valence-electron chi connectivity index (χ1n) is 7.72. The van der Waals surface area contributed by atoms with E-state index in [4.69, 9.17) is 16.0 Å². The number of furan rings is 1. The highest BCUT2D eigenvalue weighted by molar-refractivity contribution is 6.30. The minimum Gasteiger partial charge on any atom is -0.460 e. The van der Waals surface area contributed by atoms with Crippen molar-refractivity contribution in [2.75, 3.05) is 6.54 Å². The molecule has 0 aliphatic carbocycles. The Morgan fingerprint density at radius 3 is 2.79 bits per heavy atom. The average molecular weight is 344 g/mol. The minimum absolute atomic E-state index is 0.136. The first kappa shape index (κ1) is 16.3. The molecule has 1 N–H and O–H groups in total. The Morgan fingerprint density at radius 2 is 2.12 bits per heavy atom. The predicted molar refractivity (Wildman–Crippen MR) is 92.9 cm³/mol. The van der Waals surface area contributed by atoms with Crippen LogP contribution in [0.15, 0.2) is 46.9 Å². The first-order valence-corrected chi connectivity index (χ1v) is 8.10. The summed E-state index contributed by atoms with van der Waals surface area (Å²) in [4.78, 5) is 14.4. The van der Waals surface area contributed by atoms with Gasteiger partial charge in [-0.05, 0) is 43.7 Å². The second-order valence-electron chi connectivity index (χ2n) is 5.53. The molecule has 6 heteroatoms. The van der Waals surface area contributed by atoms with Gasteiger partial charge in [-0.25, -0.2) is 0 Å². The number of halogens is 1. The van der Waals surface area contributed by atoms with Gasteiger partial charge in [-0.3, -0.25) is 9.89 Å². The summed E-state index contributed by atoms with van der Waals surface area (Å²) in [5.74, 6) is 1.34. The third-order valence-electron chi connectivity index (χ3n) is 3.73. The zero-order valence-electron chi connectivity index (χ0n) is 13.5. The van der Waals surface area contributed by atoms with E-state index in [-0.39, 0.29) is 5.91 Å². The van der Waals surface area contributed by atoms with Crippen molar-refractivity contribution >= 4 is 17.5 Å². The van der Waals surface area contributed by atoms with Gasteiger partial charge in [-0.2, -0.15) is 5.10 Å². The number of amides is 1. The SMILES string of the molecule is CCN(Cc1cccc(Cl)c1)C(=O)c1cc(-c2ccc(C)o2)[nH]n1. The molecule has 0 aliphatic heterocycles. The summed E-state index contributed by atoms with van der Waals surface area (Å²) < 4.78 is 5.55. The molecule has 1 amide bonds. The van der Waals surface area contributed by atoms with E-state index in [2.05, 4.69) is 10.2 Å². The monoisotopic (exact) mass is 343 g/mol. The molecular formula is C18H18ClN3O2. The van der Waals surface area contributed by atoms with Gasteiger partial charge in [0.05, 0.1) is 0 Å². The van der Waals surface area contributed by atoms with Crippen LogP contribution < -0.4 is 0 Å². The van der Waals surface area contributed by atoms with Crippen LogP contribution in [0.5, 0.6) is 0 Å². The highest BCUT2D eigenvalue weighted by Crippen LogP contribution is 2.21. The number of carbonyl (C=O) groups excluding carboxylic acids is 1. The van der Waals surface area contributed by atoms with Crippen molar-refractivity contribution in [3.05, 3.63) is 64.5 Å². The smallest absolute Gasteiger partial charge is 0.274 e. The number of H-pyrrole nitrogens is 1. The van der Waals surface area contributed by atoms with Crippen LogP contribution in [0, 0.1) is 6.92 Å². The van der Waals surface area contributed by atoms with Crippen LogP contribution in [-0.4, -0.2) is 27.5 Å². The number of benzene rings is 1. The number of hydrogen-bond donors (Lipinski definition) is 1. The summed E-state index contributed by atoms with van der Waals surface area (Å²) in [6.07, 6.45) is 0. The van der Waals surface area contributed by atoms with Gasteiger partial charge in [0.15, 0.2) is 11.5 Å². The standard InChI is InChI=1S/C18H18ClN3O2/c1-3-22(11-13-5-4-6-14(19)9-13)18(23)16-10-15(20-21-16)17-8-7-12(2)24-17/h4-10H,3,11H2,1-2H3,(H,20,21). The Hall–Kier alpha value is -2.53. The minimum atomic E-state index is -0.136. The highest BCUT2D eigenvalue weighted by atomic mass is 35.5. The van der Waals surface area contributed by atoms with Crippen molar-refractivity contribution in [1.29, 1.82) is 0 Å². The molecule has 1 aromatic carbocycles. The van der Waals surface area contributed by atoms with Crippen molar-refractivity contribution in [2.24, 2.45) is 0 Å². The molecule has 0 bridgehead atoms. The van der Waals surface area contributed by atoms with Crippen LogP contribution in [0.3, 0.4) is 0 Å². The highest BCUT2D eigenvalue weighted by Gasteiger charge is 2.19. The van der Waals surface area contributed by atoms with Crippen LogP contribution in [0.1, 0.15) is 28.7 Å². The molecule has 124 valence electrons. The van der Waals surface area contributed by atoms with Crippen LogP contribution >= 0.6 is 11.6 Å². The molecule has 3 aromatic rings. The third-order valence-corrected chi connectivity index (χ3v) is 3.97. The van der Waals surface area contributed by atoms with Gasteiger partial charge in [-0.1, -0.05) is 23.7 Å². The number of nitrogens with one attached hydrogen (secondary N) is 1. The summed E-state index contributed by atoms with van der Waals surface area (Å²) in [5, 5.41) is 7.64. The number of carbonyl (C=O) groups is 1. The Morgan fingerprint density at radius 1 is 1.29 bits per heavy atom. The Kier molecular flexibility index (Phi) is 4.71. The van der Waals surface area contributed by atoms with Gasteiger partial charge in [0, 0.05) is 24.2 Å². The lowest BCUT2D eigenvalue weighted by atomic mass is 10.2. The van der Waals surface area contributed by atoms with Gasteiger partial charge in [0.25, 0.3) is 5.91 Å². The second kappa shape index (κ2) is 6.93. The molecule has 0 fully saturated rings. The van der Waals surface area contributed by atoms with Gasteiger partial charge < -0.3 is 9.32 Å². The summed E-state index contributed by atoms with van der Waals surface area (Å²) in [7, 11) is 0. The summed E-state index contributed by atoms with van der Waals surface area (Å²) in [6.45, 7) is 4.87. The van der Waals surface area contributed by atoms with Gasteiger partial charge >= 0.3 is 0 Å². The number of nitrogens with zero attached hydrogens (tertiary/aromatic N) is 2. The maximum atomic E-state index is 12.7. The summed E-state index contributed by atoms with van der Waals surface area (Å²) >= 11 is 6.01. The zero-order valence-corrected chi connectivity index (χ0v) is 14.3. The Labute approximate surface area is 145 Å². The van der Waals surface area contributed by atoms with Crippen LogP contribution in [-0.2, 0) is 6.54 Å². The van der Waals surface area contributed by atoms with Gasteiger partial charge in [0.2, 0.25) is 0 Å².